The first kappa shape index (κ1) is 89.4. The van der Waals surface area contributed by atoms with Crippen LogP contribution in [-0.2, 0) is 110 Å². The van der Waals surface area contributed by atoms with Crippen molar-refractivity contribution in [2.45, 2.75) is 280 Å². The maximum Gasteiger partial charge on any atom is 0.397 e. The fourth-order valence-corrected chi connectivity index (χ4v) is 13.8. The Morgan fingerprint density at radius 2 is 0.574 bits per heavy atom. The Hall–Kier alpha value is -4.18. The van der Waals surface area contributed by atoms with Gasteiger partial charge in [-0.05, 0) is 0 Å². The Morgan fingerprint density at radius 3 is 0.991 bits per heavy atom. The number of carbonyl (C=O) groups is 5. The topological polar surface area (TPSA) is 752 Å². The first-order valence-corrected chi connectivity index (χ1v) is 35.1. The molecule has 108 heavy (non-hydrogen) atoms. The minimum atomic E-state index is -5.38. The zero-order valence-electron chi connectivity index (χ0n) is 57.9. The standard InChI is InChI=1S/C58H97N5O44S/c1-14(70)59-27-40(83)45(22(9-67)94-51(27)88)102-55-31(63-18(5)74)41(84)46(23(10-68)98-55)104-56-44(87)48(36(79)25(101-56)12-92-57-49(42(85)34(77)21(8-66)97-57)106-53-29(61-16(3)72)38(81)33(76)20(7-65)96-53)105-58-50(107-54-30(62-17(4)73)39(82)35(78)26(100-54)13-93-108(89,90)91)43(86)47(24(11-69)99-58)103-52-28(60-15(2)71)37(80)32(75)19(6-64)95-52/h19-58,64-69,75-88H,6-13H2,1-5H3,(H,59,70)(H,60,71)(H,61,72)(H,62,73)(H,63,74)(H,89,90,91)/t19-,20-,21-,22-,23-,24-,25-,26-,27-,28-,29-,30-,31-,32-,33-,34-,35-,36-,37-,38-,39-,40-,41-,42+,43+,44+,45-,46-,47-,48+,49+,50+,51-,52+,53+,54+,55+,56+,57+,58-/m1/s1. The molecule has 0 aromatic carbocycles. The second-order valence-electron chi connectivity index (χ2n) is 26.6. The molecule has 0 aromatic heterocycles. The second kappa shape index (κ2) is 38.8. The molecule has 50 heteroatoms. The minimum absolute atomic E-state index is 0.795. The molecule has 8 aliphatic rings. The van der Waals surface area contributed by atoms with Crippen molar-refractivity contribution in [3.05, 3.63) is 0 Å². The number of hydrogen-bond donors (Lipinski definition) is 26. The highest BCUT2D eigenvalue weighted by molar-refractivity contribution is 7.80. The van der Waals surface area contributed by atoms with Crippen molar-refractivity contribution in [1.82, 2.24) is 26.6 Å². The molecular formula is C58H97N5O44S. The Labute approximate surface area is 612 Å². The number of aliphatic hydroxyl groups excluding tert-OH is 20. The average Bonchev–Trinajstić information content (AvgIpc) is 0.767. The van der Waals surface area contributed by atoms with Crippen LogP contribution in [0.1, 0.15) is 34.6 Å². The lowest BCUT2D eigenvalue weighted by Gasteiger charge is -2.51. The van der Waals surface area contributed by atoms with Crippen LogP contribution in [0.15, 0.2) is 0 Å². The van der Waals surface area contributed by atoms with Gasteiger partial charge in [0.25, 0.3) is 0 Å². The molecule has 0 unspecified atom stereocenters. The van der Waals surface area contributed by atoms with Crippen molar-refractivity contribution >= 4 is 39.9 Å². The van der Waals surface area contributed by atoms with E-state index in [-0.39, 0.29) is 0 Å². The predicted molar refractivity (Wildman–Crippen MR) is 333 cm³/mol. The molecule has 0 saturated carbocycles. The van der Waals surface area contributed by atoms with Crippen molar-refractivity contribution in [1.29, 1.82) is 0 Å². The first-order valence-electron chi connectivity index (χ1n) is 33.8. The van der Waals surface area contributed by atoms with E-state index in [0.717, 1.165) is 34.6 Å². The molecule has 0 aliphatic carbocycles. The lowest BCUT2D eigenvalue weighted by Crippen LogP contribution is -2.71. The predicted octanol–water partition coefficient (Wildman–Crippen LogP) is -17.9. The molecule has 0 radical (unpaired) electrons. The summed E-state index contributed by atoms with van der Waals surface area (Å²) in [6.07, 6.45) is -75.0. The molecule has 0 spiro atoms. The van der Waals surface area contributed by atoms with Gasteiger partial charge in [-0.2, -0.15) is 8.42 Å². The molecule has 8 fully saturated rings. The van der Waals surface area contributed by atoms with E-state index < -0.39 is 338 Å². The molecule has 8 saturated heterocycles. The van der Waals surface area contributed by atoms with E-state index in [1.165, 1.54) is 0 Å². The SMILES string of the molecule is CC(=O)N[C@@H]1[C@@H](O)[C@H](O[C@@H]2O[C@H](CO)[C@@H](O[C@@H]3O[C@H](CO[C@H]4O[C@H](CO)[C@@H](O)[C@H](O)[C@@H]4O[C@@H]4O[C@H](CO)[C@@H](O)[C@H](O)[C@H]4NC(C)=O)[C@@H](O)[C@H](O[C@H]4O[C@H](CO)[C@@H](O[C@@H]5O[C@H](CO)[C@@H](O)[C@H](O)[C@H]5NC(C)=O)[C@H](O)[C@@H]4O[C@@H]4O[C@H](COS(=O)(=O)O)[C@@H](O)[C@H](O)[C@H]4NC(C)=O)[C@@H]3O)[C@H](O)[C@H]2NC(C)=O)[C@@H](CO)O[C@H]1O. The van der Waals surface area contributed by atoms with Gasteiger partial charge in [0.15, 0.2) is 50.3 Å². The van der Waals surface area contributed by atoms with Gasteiger partial charge in [-0.25, -0.2) is 4.18 Å². The van der Waals surface area contributed by atoms with Crippen molar-refractivity contribution in [2.75, 3.05) is 52.9 Å². The van der Waals surface area contributed by atoms with Crippen LogP contribution < -0.4 is 26.6 Å². The molecule has 40 atom stereocenters. The fraction of sp³-hybridized carbons (Fsp3) is 0.914. The third kappa shape index (κ3) is 20.8. The minimum Gasteiger partial charge on any atom is -0.394 e. The molecule has 8 aliphatic heterocycles. The zero-order chi connectivity index (χ0) is 80.0. The maximum atomic E-state index is 13.0. The van der Waals surface area contributed by atoms with Crippen LogP contribution in [0.5, 0.6) is 0 Å². The Morgan fingerprint density at radius 1 is 0.287 bits per heavy atom. The van der Waals surface area contributed by atoms with Gasteiger partial charge in [-0.15, -0.1) is 0 Å². The molecule has 0 aromatic rings. The van der Waals surface area contributed by atoms with Gasteiger partial charge in [0, 0.05) is 34.6 Å². The molecule has 49 nitrogen and oxygen atoms in total. The van der Waals surface area contributed by atoms with E-state index in [0.29, 0.717) is 0 Å². The summed E-state index contributed by atoms with van der Waals surface area (Å²) in [5, 5.41) is 237. The highest BCUT2D eigenvalue weighted by Gasteiger charge is 2.61. The summed E-state index contributed by atoms with van der Waals surface area (Å²) < 4.78 is 127. The Bertz CT molecular complexity index is 3040. The van der Waals surface area contributed by atoms with Crippen LogP contribution in [0.2, 0.25) is 0 Å². The van der Waals surface area contributed by atoms with Gasteiger partial charge in [-0.3, -0.25) is 28.5 Å². The average molecular weight is 1600 g/mol. The molecule has 0 bridgehead atoms. The number of ether oxygens (including phenoxy) is 15. The number of hydrogen-bond acceptors (Lipinski definition) is 43. The van der Waals surface area contributed by atoms with Crippen molar-refractivity contribution in [3.63, 3.8) is 0 Å². The molecule has 8 heterocycles. The summed E-state index contributed by atoms with van der Waals surface area (Å²) in [4.78, 5) is 62.9. The van der Waals surface area contributed by atoms with Gasteiger partial charge in [0.1, 0.15) is 195 Å². The molecule has 624 valence electrons. The van der Waals surface area contributed by atoms with Crippen LogP contribution >= 0.6 is 0 Å². The largest absolute Gasteiger partial charge is 0.397 e. The molecule has 8 rings (SSSR count). The first-order chi connectivity index (χ1) is 50.8. The lowest BCUT2D eigenvalue weighted by atomic mass is 9.93. The van der Waals surface area contributed by atoms with Crippen LogP contribution in [0.4, 0.5) is 0 Å². The highest BCUT2D eigenvalue weighted by atomic mass is 32.3. The van der Waals surface area contributed by atoms with Gasteiger partial charge < -0.3 is 200 Å². The number of rotatable bonds is 29. The summed E-state index contributed by atoms with van der Waals surface area (Å²) in [6.45, 7) is -4.46. The maximum absolute atomic E-state index is 13.0. The van der Waals surface area contributed by atoms with Crippen molar-refractivity contribution < 1.29 is 214 Å². The second-order valence-corrected chi connectivity index (χ2v) is 27.7. The van der Waals surface area contributed by atoms with Gasteiger partial charge >= 0.3 is 10.4 Å². The number of nitrogens with one attached hydrogen (secondary N) is 5. The summed E-state index contributed by atoms with van der Waals surface area (Å²) >= 11 is 0. The normalized spacial score (nSPS) is 46.1. The number of aliphatic hydroxyl groups is 20. The Kier molecular flexibility index (Phi) is 32.1. The van der Waals surface area contributed by atoms with Crippen LogP contribution in [0.25, 0.3) is 0 Å². The van der Waals surface area contributed by atoms with E-state index in [4.69, 9.17) is 71.1 Å². The van der Waals surface area contributed by atoms with E-state index in [2.05, 4.69) is 30.8 Å². The van der Waals surface area contributed by atoms with Crippen LogP contribution in [-0.4, -0.2) is 443 Å². The zero-order valence-corrected chi connectivity index (χ0v) is 58.8. The lowest BCUT2D eigenvalue weighted by molar-refractivity contribution is -0.402. The van der Waals surface area contributed by atoms with E-state index in [1.807, 2.05) is 0 Å². The van der Waals surface area contributed by atoms with Crippen LogP contribution in [0.3, 0.4) is 0 Å². The monoisotopic (exact) mass is 1600 g/mol. The van der Waals surface area contributed by atoms with Crippen molar-refractivity contribution in [3.8, 4) is 0 Å². The summed E-state index contributed by atoms with van der Waals surface area (Å²) in [5.41, 5.74) is 0. The third-order valence-corrected chi connectivity index (χ3v) is 19.3. The smallest absolute Gasteiger partial charge is 0.394 e. The van der Waals surface area contributed by atoms with Crippen LogP contribution in [0, 0.1) is 0 Å². The van der Waals surface area contributed by atoms with Gasteiger partial charge in [-0.1, -0.05) is 0 Å². The van der Waals surface area contributed by atoms with E-state index in [1.54, 1.807) is 0 Å². The fourth-order valence-electron chi connectivity index (χ4n) is 13.5. The molecular weight excluding hydrogens is 1500 g/mol. The molecule has 26 N–H and O–H groups in total. The number of carbonyl (C=O) groups excluding carboxylic acids is 5. The summed E-state index contributed by atoms with van der Waals surface area (Å²) in [6, 6.07) is -9.21. The Balaban J connectivity index is 1.21. The third-order valence-electron chi connectivity index (χ3n) is 18.9. The van der Waals surface area contributed by atoms with Gasteiger partial charge in [0.05, 0.1) is 52.9 Å². The molecule has 5 amide bonds. The summed E-state index contributed by atoms with van der Waals surface area (Å²) in [5.74, 6) is -4.51. The quantitative estimate of drug-likeness (QED) is 0.0309. The van der Waals surface area contributed by atoms with E-state index >= 15 is 0 Å². The van der Waals surface area contributed by atoms with Crippen molar-refractivity contribution in [2.24, 2.45) is 0 Å². The summed E-state index contributed by atoms with van der Waals surface area (Å²) in [7, 11) is -5.38. The number of amides is 5. The van der Waals surface area contributed by atoms with E-state index in [9.17, 15) is 139 Å². The highest BCUT2D eigenvalue weighted by Crippen LogP contribution is 2.40. The van der Waals surface area contributed by atoms with Gasteiger partial charge in [0.2, 0.25) is 29.5 Å².